The number of rotatable bonds is 21. The lowest BCUT2D eigenvalue weighted by Crippen LogP contribution is -2.50. The minimum Gasteiger partial charge on any atom is -0.390 e. The first kappa shape index (κ1) is 45.1. The van der Waals surface area contributed by atoms with Gasteiger partial charge in [0.2, 0.25) is 11.8 Å². The largest absolute Gasteiger partial charge is 0.390 e. The summed E-state index contributed by atoms with van der Waals surface area (Å²) in [5, 5.41) is 16.5. The molecule has 1 aliphatic heterocycles. The highest BCUT2D eigenvalue weighted by Crippen LogP contribution is 2.37. The second kappa shape index (κ2) is 19.6. The molecule has 13 heteroatoms. The molecule has 53 heavy (non-hydrogen) atoms. The molecule has 5 N–H and O–H groups in total. The van der Waals surface area contributed by atoms with Gasteiger partial charge in [-0.2, -0.15) is 4.98 Å². The summed E-state index contributed by atoms with van der Waals surface area (Å²) in [6.45, 7) is 19.6. The van der Waals surface area contributed by atoms with Gasteiger partial charge in [-0.1, -0.05) is 33.1 Å². The number of nitrogens with zero attached hydrogens (tertiary/aromatic N) is 2. The lowest BCUT2D eigenvalue weighted by Gasteiger charge is -2.38. The Bertz CT molecular complexity index is 1380. The van der Waals surface area contributed by atoms with Crippen LogP contribution in [0.25, 0.3) is 0 Å². The standard InChI is InChI=1S/C40H70ClN5O7/c1-27-31(47)24-32(53-27)46-25-30(33(42)44-36(46)50)37(2,3)26-38(4,5)45-35(49)29-16-14-28(15-17-29)34(48)43-21-23-52-40(8,9)19-22-51-39(6,7)18-12-10-11-13-20-41/h25,27-29,31-32,47H,10-24,26H2,1-9H3,(H,43,48)(H,45,49)(H2,42,44,50)/t27-,28?,29?,31?,32?/m1/s1. The Labute approximate surface area is 323 Å². The van der Waals surface area contributed by atoms with E-state index in [2.05, 4.69) is 43.3 Å². The maximum Gasteiger partial charge on any atom is 0.351 e. The molecule has 2 heterocycles. The maximum atomic E-state index is 13.5. The van der Waals surface area contributed by atoms with Crippen molar-refractivity contribution in [1.82, 2.24) is 20.2 Å². The van der Waals surface area contributed by atoms with Crippen LogP contribution in [-0.2, 0) is 29.2 Å². The zero-order chi connectivity index (χ0) is 39.6. The van der Waals surface area contributed by atoms with Crippen LogP contribution in [0.1, 0.15) is 151 Å². The van der Waals surface area contributed by atoms with Gasteiger partial charge in [0.25, 0.3) is 0 Å². The number of aliphatic hydroxyl groups is 1. The molecule has 2 aliphatic rings. The number of unbranched alkanes of at least 4 members (excludes halogenated alkanes) is 3. The number of carbonyl (C=O) groups excluding carboxylic acids is 2. The highest BCUT2D eigenvalue weighted by atomic mass is 35.5. The SMILES string of the molecule is C[C@H]1OC(n2cc(C(C)(C)CC(C)(C)NC(=O)C3CCC(C(=O)NCCOC(C)(C)CCOC(C)(C)CCCCCCCl)CC3)c(N)nc2=O)CC1O. The highest BCUT2D eigenvalue weighted by molar-refractivity contribution is 6.17. The molecule has 2 fully saturated rings. The molecule has 3 atom stereocenters. The van der Waals surface area contributed by atoms with Crippen molar-refractivity contribution in [3.63, 3.8) is 0 Å². The van der Waals surface area contributed by atoms with Gasteiger partial charge in [0, 0.05) is 48.0 Å². The molecule has 1 saturated heterocycles. The summed E-state index contributed by atoms with van der Waals surface area (Å²) in [4.78, 5) is 43.2. The van der Waals surface area contributed by atoms with Crippen LogP contribution >= 0.6 is 11.6 Å². The third-order valence-electron chi connectivity index (χ3n) is 10.9. The number of nitrogens with two attached hydrogens (primary N) is 1. The highest BCUT2D eigenvalue weighted by Gasteiger charge is 2.38. The van der Waals surface area contributed by atoms with Crippen LogP contribution in [0.2, 0.25) is 0 Å². The van der Waals surface area contributed by atoms with E-state index in [4.69, 9.17) is 31.5 Å². The summed E-state index contributed by atoms with van der Waals surface area (Å²) in [7, 11) is 0. The third kappa shape index (κ3) is 14.4. The number of aromatic nitrogens is 2. The molecular formula is C40H70ClN5O7. The molecule has 12 nitrogen and oxygen atoms in total. The normalized spacial score (nSPS) is 22.9. The minimum absolute atomic E-state index is 0.0166. The van der Waals surface area contributed by atoms with Gasteiger partial charge in [-0.15, -0.1) is 11.6 Å². The van der Waals surface area contributed by atoms with Crippen LogP contribution in [0.15, 0.2) is 11.0 Å². The van der Waals surface area contributed by atoms with Gasteiger partial charge in [-0.3, -0.25) is 14.2 Å². The summed E-state index contributed by atoms with van der Waals surface area (Å²) < 4.78 is 19.5. The smallest absolute Gasteiger partial charge is 0.351 e. The van der Waals surface area contributed by atoms with E-state index in [0.717, 1.165) is 38.0 Å². The zero-order valence-corrected chi connectivity index (χ0v) is 34.8. The first-order valence-electron chi connectivity index (χ1n) is 19.8. The maximum absolute atomic E-state index is 13.5. The molecule has 1 aromatic heterocycles. The van der Waals surface area contributed by atoms with Crippen LogP contribution in [0.5, 0.6) is 0 Å². The van der Waals surface area contributed by atoms with E-state index in [-0.39, 0.29) is 47.1 Å². The van der Waals surface area contributed by atoms with E-state index < -0.39 is 35.1 Å². The number of hydrogen-bond donors (Lipinski definition) is 4. The van der Waals surface area contributed by atoms with Gasteiger partial charge in [-0.25, -0.2) is 4.79 Å². The number of ether oxygens (including phenoxy) is 3. The first-order chi connectivity index (χ1) is 24.7. The Balaban J connectivity index is 1.39. The van der Waals surface area contributed by atoms with Crippen LogP contribution < -0.4 is 22.1 Å². The van der Waals surface area contributed by atoms with Crippen LogP contribution in [0.4, 0.5) is 5.82 Å². The number of anilines is 1. The molecule has 0 spiro atoms. The van der Waals surface area contributed by atoms with E-state index in [1.807, 2.05) is 27.7 Å². The molecule has 1 aromatic rings. The molecule has 1 aliphatic carbocycles. The fourth-order valence-electron chi connectivity index (χ4n) is 7.84. The number of aliphatic hydroxyl groups excluding tert-OH is 1. The van der Waals surface area contributed by atoms with Crippen LogP contribution in [-0.4, -0.2) is 81.1 Å². The van der Waals surface area contributed by atoms with Crippen molar-refractivity contribution in [3.05, 3.63) is 22.2 Å². The van der Waals surface area contributed by atoms with Crippen molar-refractivity contribution < 1.29 is 28.9 Å². The topological polar surface area (TPSA) is 167 Å². The van der Waals surface area contributed by atoms with Crippen molar-refractivity contribution in [2.75, 3.05) is 31.4 Å². The van der Waals surface area contributed by atoms with Crippen molar-refractivity contribution in [2.45, 2.75) is 180 Å². The third-order valence-corrected chi connectivity index (χ3v) is 11.2. The second-order valence-electron chi connectivity index (χ2n) is 17.9. The molecule has 304 valence electrons. The number of carbonyl (C=O) groups is 2. The lowest BCUT2D eigenvalue weighted by atomic mass is 9.75. The molecule has 0 bridgehead atoms. The lowest BCUT2D eigenvalue weighted by molar-refractivity contribution is -0.131. The average molecular weight is 768 g/mol. The van der Waals surface area contributed by atoms with Crippen LogP contribution in [0, 0.1) is 11.8 Å². The first-order valence-corrected chi connectivity index (χ1v) is 20.3. The predicted octanol–water partition coefficient (Wildman–Crippen LogP) is 6.15. The van der Waals surface area contributed by atoms with Gasteiger partial charge in [-0.05, 0) is 105 Å². The molecular weight excluding hydrogens is 698 g/mol. The summed E-state index contributed by atoms with van der Waals surface area (Å²) in [5.74, 6) is 0.572. The average Bonchev–Trinajstić information content (AvgIpc) is 3.38. The number of nitrogens with one attached hydrogen (secondary N) is 2. The van der Waals surface area contributed by atoms with E-state index in [0.29, 0.717) is 57.4 Å². The fraction of sp³-hybridized carbons (Fsp3) is 0.850. The van der Waals surface area contributed by atoms with Crippen molar-refractivity contribution in [2.24, 2.45) is 11.8 Å². The quantitative estimate of drug-likeness (QED) is 0.0848. The van der Waals surface area contributed by atoms with E-state index in [1.54, 1.807) is 13.1 Å². The summed E-state index contributed by atoms with van der Waals surface area (Å²) >= 11 is 5.77. The Morgan fingerprint density at radius 2 is 1.53 bits per heavy atom. The number of nitrogen functional groups attached to an aromatic ring is 1. The number of halogens is 1. The van der Waals surface area contributed by atoms with Crippen molar-refractivity contribution in [1.29, 1.82) is 0 Å². The molecule has 3 rings (SSSR count). The van der Waals surface area contributed by atoms with Gasteiger partial charge >= 0.3 is 5.69 Å². The van der Waals surface area contributed by atoms with E-state index >= 15 is 0 Å². The Morgan fingerprint density at radius 3 is 2.13 bits per heavy atom. The number of hydrogen-bond acceptors (Lipinski definition) is 9. The van der Waals surface area contributed by atoms with Gasteiger partial charge in [0.15, 0.2) is 0 Å². The minimum atomic E-state index is -0.669. The van der Waals surface area contributed by atoms with Gasteiger partial charge in [0.1, 0.15) is 12.0 Å². The molecule has 1 saturated carbocycles. The Hall–Kier alpha value is -2.25. The molecule has 0 aromatic carbocycles. The summed E-state index contributed by atoms with van der Waals surface area (Å²) in [6.07, 6.45) is 9.74. The molecule has 2 amide bonds. The monoisotopic (exact) mass is 767 g/mol. The van der Waals surface area contributed by atoms with E-state index in [1.165, 1.54) is 11.0 Å². The molecule has 0 radical (unpaired) electrons. The summed E-state index contributed by atoms with van der Waals surface area (Å²) in [5.41, 5.74) is 4.72. The zero-order valence-electron chi connectivity index (χ0n) is 34.0. The second-order valence-corrected chi connectivity index (χ2v) is 18.3. The van der Waals surface area contributed by atoms with E-state index in [9.17, 15) is 19.5 Å². The van der Waals surface area contributed by atoms with Gasteiger partial charge < -0.3 is 35.7 Å². The Kier molecular flexibility index (Phi) is 16.7. The Morgan fingerprint density at radius 1 is 0.943 bits per heavy atom. The van der Waals surface area contributed by atoms with Crippen molar-refractivity contribution in [3.8, 4) is 0 Å². The predicted molar refractivity (Wildman–Crippen MR) is 210 cm³/mol. The van der Waals surface area contributed by atoms with Crippen molar-refractivity contribution >= 4 is 29.2 Å². The fourth-order valence-corrected chi connectivity index (χ4v) is 8.03. The summed E-state index contributed by atoms with van der Waals surface area (Å²) in [6, 6.07) is 0. The van der Waals surface area contributed by atoms with Crippen LogP contribution in [0.3, 0.4) is 0 Å². The number of alkyl halides is 1. The van der Waals surface area contributed by atoms with Gasteiger partial charge in [0.05, 0.1) is 36.6 Å². The number of amides is 2. The molecule has 2 unspecified atom stereocenters.